The van der Waals surface area contributed by atoms with E-state index in [4.69, 9.17) is 0 Å². The van der Waals surface area contributed by atoms with E-state index in [2.05, 4.69) is 0 Å². The molecule has 0 heterocycles. The fourth-order valence-corrected chi connectivity index (χ4v) is 0. The van der Waals surface area contributed by atoms with Gasteiger partial charge in [0.15, 0.2) is 0 Å². The van der Waals surface area contributed by atoms with Crippen LogP contribution >= 0.6 is 0 Å². The summed E-state index contributed by atoms with van der Waals surface area (Å²) in [7, 11) is 0. The minimum absolute atomic E-state index is 0. The third kappa shape index (κ3) is 9.02. The van der Waals surface area contributed by atoms with Crippen molar-refractivity contribution in [1.82, 2.24) is 0 Å². The van der Waals surface area contributed by atoms with Crippen LogP contribution in [0.5, 0.6) is 0 Å². The Hall–Kier alpha value is 1.97. The average molecular weight is 154 g/mol. The van der Waals surface area contributed by atoms with Crippen LogP contribution in [0.2, 0.25) is 0 Å². The van der Waals surface area contributed by atoms with Crippen molar-refractivity contribution in [2.45, 2.75) is 0 Å². The Labute approximate surface area is 69.4 Å². The molecule has 0 aromatic carbocycles. The van der Waals surface area contributed by atoms with Crippen LogP contribution in [0.1, 0.15) is 1.43 Å². The molecule has 0 spiro atoms. The normalized spacial score (nSPS) is 0. The third-order valence-electron chi connectivity index (χ3n) is 0. The quantitative estimate of drug-likeness (QED) is 0.332. The largest absolute Gasteiger partial charge is 2.00 e. The van der Waals surface area contributed by atoms with Crippen molar-refractivity contribution >= 4 is 0 Å². The molecule has 0 saturated carbocycles. The molecule has 0 aliphatic carbocycles. The van der Waals surface area contributed by atoms with Gasteiger partial charge in [-0.2, -0.15) is 0 Å². The van der Waals surface area contributed by atoms with E-state index in [1.807, 2.05) is 0 Å². The van der Waals surface area contributed by atoms with Gasteiger partial charge in [0.1, 0.15) is 0 Å². The maximum absolute atomic E-state index is 0. The molecule has 0 amide bonds. The summed E-state index contributed by atoms with van der Waals surface area (Å²) in [5.74, 6) is 0. The summed E-state index contributed by atoms with van der Waals surface area (Å²) in [6.45, 7) is 0. The van der Waals surface area contributed by atoms with E-state index in [-0.39, 0.29) is 70.0 Å². The van der Waals surface area contributed by atoms with Gasteiger partial charge in [-0.25, -0.2) is 0 Å². The summed E-state index contributed by atoms with van der Waals surface area (Å²) in [5.41, 5.74) is 0. The van der Waals surface area contributed by atoms with Crippen molar-refractivity contribution in [3.8, 4) is 0 Å². The molecule has 0 saturated heterocycles. The van der Waals surface area contributed by atoms with E-state index in [1.54, 1.807) is 0 Å². The third-order valence-corrected chi connectivity index (χ3v) is 0. The van der Waals surface area contributed by atoms with Gasteiger partial charge in [-0.1, -0.05) is 0 Å². The van der Waals surface area contributed by atoms with Gasteiger partial charge in [-0.15, -0.1) is 0 Å². The Balaban J connectivity index is 0. The topological polar surface area (TPSA) is 28.5 Å². The molecule has 0 aromatic heterocycles. The molecule has 0 unspecified atom stereocenters. The summed E-state index contributed by atoms with van der Waals surface area (Å²) in [6, 6.07) is 0. The van der Waals surface area contributed by atoms with Crippen molar-refractivity contribution in [1.29, 1.82) is 0 Å². The molecule has 4 heavy (non-hydrogen) atoms. The van der Waals surface area contributed by atoms with Gasteiger partial charge in [0.2, 0.25) is 0 Å². The van der Waals surface area contributed by atoms with Gasteiger partial charge < -0.3 is 6.90 Å². The number of rotatable bonds is 0. The second kappa shape index (κ2) is 20.2. The Bertz CT molecular complexity index is 11.6. The molecule has 25 valence electrons. The van der Waals surface area contributed by atoms with Crippen molar-refractivity contribution in [3.63, 3.8) is 0 Å². The van der Waals surface area contributed by atoms with Gasteiger partial charge in [0, 0.05) is 16.5 Å². The fraction of sp³-hybridized carbons (Fsp3) is 0. The molecule has 1 nitrogen and oxygen atoms in total. The molecule has 0 aliphatic rings. The van der Waals surface area contributed by atoms with Crippen LogP contribution in [-0.4, -0.2) is 0 Å². The van der Waals surface area contributed by atoms with E-state index >= 15 is 0 Å². The predicted molar refractivity (Wildman–Crippen MR) is 1.80 cm³/mol. The second-order valence-electron chi connectivity index (χ2n) is 0. The molecule has 0 aliphatic heterocycles. The first-order valence-electron chi connectivity index (χ1n) is 0. The first kappa shape index (κ1) is 37.9. The Morgan fingerprint density at radius 2 is 1.25 bits per heavy atom. The van der Waals surface area contributed by atoms with E-state index < -0.39 is 0 Å². The van der Waals surface area contributed by atoms with Crippen LogP contribution in [0.3, 0.4) is 0 Å². The zero-order valence-corrected chi connectivity index (χ0v) is 6.27. The minimum atomic E-state index is 0. The number of hydrogen-bond acceptors (Lipinski definition) is 0. The maximum Gasteiger partial charge on any atom is 2.00 e. The van der Waals surface area contributed by atoms with Gasteiger partial charge in [0.05, 0.1) is 0 Å². The minimum Gasteiger partial charge on any atom is -2.00 e. The summed E-state index contributed by atoms with van der Waals surface area (Å²) < 4.78 is 0. The molecule has 0 rings (SSSR count). The molecule has 0 N–H and O–H groups in total. The zero-order chi connectivity index (χ0) is 0. The van der Waals surface area contributed by atoms with Crippen LogP contribution in [0.4, 0.5) is 0 Å². The van der Waals surface area contributed by atoms with Crippen molar-refractivity contribution in [3.05, 3.63) is 0 Å². The van der Waals surface area contributed by atoms with Crippen molar-refractivity contribution in [2.24, 2.45) is 0 Å². The van der Waals surface area contributed by atoms with Gasteiger partial charge in [0.25, 0.3) is 0 Å². The van der Waals surface area contributed by atoms with Crippen LogP contribution in [0.25, 0.3) is 0 Å². The molecule has 0 fully saturated rings. The maximum atomic E-state index is 0. The van der Waals surface area contributed by atoms with Crippen LogP contribution in [-0.2, 0) is 39.0 Å². The smallest absolute Gasteiger partial charge is 2.00 e. The Morgan fingerprint density at radius 1 is 1.25 bits per heavy atom. The summed E-state index contributed by atoms with van der Waals surface area (Å²) >= 11 is 0. The molecule has 1 radical (unpaired) electrons. The molecular weight excluding hydrogens is 153 g/mol. The van der Waals surface area contributed by atoms with Crippen LogP contribution in [0.15, 0.2) is 0 Å². The second-order valence-corrected chi connectivity index (χ2v) is 0. The van der Waals surface area contributed by atoms with E-state index in [9.17, 15) is 0 Å². The van der Waals surface area contributed by atoms with Crippen molar-refractivity contribution in [2.75, 3.05) is 0 Å². The van der Waals surface area contributed by atoms with Gasteiger partial charge in [-0.3, -0.25) is 0 Å². The van der Waals surface area contributed by atoms with Crippen LogP contribution < -0.4 is 29.6 Å². The average Bonchev–Trinajstić information content (AvgIpc) is 0. The SMILES string of the molecule is [H-].[Mn+2].[Na+].[Ni].[O-2]. The van der Waals surface area contributed by atoms with E-state index in [1.165, 1.54) is 0 Å². The van der Waals surface area contributed by atoms with Crippen LogP contribution in [0, 0.1) is 0 Å². The first-order chi connectivity index (χ1) is 0. The molecule has 0 bridgehead atoms. The first-order valence-corrected chi connectivity index (χ1v) is 0. The molecule has 0 atom stereocenters. The molecular formula is HMnNaNiO. The number of hydrogen-bond donors (Lipinski definition) is 0. The molecule has 0 aromatic rings. The summed E-state index contributed by atoms with van der Waals surface area (Å²) in [6.07, 6.45) is 0. The molecule has 4 heteroatoms. The monoisotopic (exact) mass is 153 g/mol. The summed E-state index contributed by atoms with van der Waals surface area (Å²) in [5, 5.41) is 0. The van der Waals surface area contributed by atoms with Gasteiger partial charge in [-0.05, 0) is 0 Å². The Morgan fingerprint density at radius 3 is 1.25 bits per heavy atom. The van der Waals surface area contributed by atoms with Crippen molar-refractivity contribution < 1.29 is 70.0 Å². The zero-order valence-electron chi connectivity index (χ0n) is 3.10. The van der Waals surface area contributed by atoms with E-state index in [0.29, 0.717) is 0 Å². The van der Waals surface area contributed by atoms with Gasteiger partial charge >= 0.3 is 46.6 Å². The van der Waals surface area contributed by atoms with E-state index in [0.717, 1.165) is 0 Å². The standard InChI is InChI=1S/Mn.Na.Ni.O.H/q+2;+1;;-2;-1. The fourth-order valence-electron chi connectivity index (χ4n) is 0. The predicted octanol–water partition coefficient (Wildman–Crippen LogP) is -3.01. The Kier molecular flexibility index (Phi) is 191. The summed E-state index contributed by atoms with van der Waals surface area (Å²) in [4.78, 5) is 0.